The Bertz CT molecular complexity index is 519. The second-order valence-electron chi connectivity index (χ2n) is 4.64. The summed E-state index contributed by atoms with van der Waals surface area (Å²) < 4.78 is 0. The van der Waals surface area contributed by atoms with Gasteiger partial charge in [-0.25, -0.2) is 0 Å². The smallest absolute Gasteiger partial charge is 0.256 e. The number of para-hydroxylation sites is 1. The van der Waals surface area contributed by atoms with Gasteiger partial charge >= 0.3 is 0 Å². The number of nitrogens with two attached hydrogens (primary N) is 1. The third kappa shape index (κ3) is 2.98. The zero-order valence-corrected chi connectivity index (χ0v) is 11.4. The molecule has 1 atom stereocenters. The van der Waals surface area contributed by atoms with E-state index in [0.717, 1.165) is 6.42 Å². The van der Waals surface area contributed by atoms with Crippen molar-refractivity contribution in [3.8, 4) is 0 Å². The lowest BCUT2D eigenvalue weighted by Gasteiger charge is -2.18. The molecule has 0 bridgehead atoms. The number of anilines is 1. The molecule has 2 amide bonds. The van der Waals surface area contributed by atoms with Gasteiger partial charge in [0, 0.05) is 26.1 Å². The van der Waals surface area contributed by atoms with Gasteiger partial charge in [-0.15, -0.1) is 0 Å². The standard InChI is InChI=1S/C13H16ClN3O2/c1-8(18)16-9-5-6-17(7-9)13(19)10-3-2-4-11(14)12(10)15/h2-4,9H,5-7,15H2,1H3,(H,16,18). The van der Waals surface area contributed by atoms with Gasteiger partial charge in [-0.3, -0.25) is 9.59 Å². The summed E-state index contributed by atoms with van der Waals surface area (Å²) in [4.78, 5) is 25.0. The van der Waals surface area contributed by atoms with Crippen molar-refractivity contribution in [2.24, 2.45) is 0 Å². The van der Waals surface area contributed by atoms with Gasteiger partial charge in [-0.05, 0) is 18.6 Å². The van der Waals surface area contributed by atoms with E-state index in [4.69, 9.17) is 17.3 Å². The highest BCUT2D eigenvalue weighted by Gasteiger charge is 2.28. The molecule has 1 heterocycles. The molecule has 19 heavy (non-hydrogen) atoms. The Hall–Kier alpha value is -1.75. The van der Waals surface area contributed by atoms with Crippen molar-refractivity contribution in [2.45, 2.75) is 19.4 Å². The summed E-state index contributed by atoms with van der Waals surface area (Å²) >= 11 is 5.91. The van der Waals surface area contributed by atoms with Crippen LogP contribution in [0, 0.1) is 0 Å². The third-order valence-electron chi connectivity index (χ3n) is 3.17. The Morgan fingerprint density at radius 1 is 1.47 bits per heavy atom. The van der Waals surface area contributed by atoms with E-state index < -0.39 is 0 Å². The number of nitrogens with zero attached hydrogens (tertiary/aromatic N) is 1. The summed E-state index contributed by atoms with van der Waals surface area (Å²) in [5.41, 5.74) is 6.53. The first kappa shape index (κ1) is 13.7. The number of amides is 2. The van der Waals surface area contributed by atoms with E-state index in [9.17, 15) is 9.59 Å². The second kappa shape index (κ2) is 5.48. The van der Waals surface area contributed by atoms with Gasteiger partial charge in [0.25, 0.3) is 5.91 Å². The van der Waals surface area contributed by atoms with Gasteiger partial charge < -0.3 is 16.0 Å². The monoisotopic (exact) mass is 281 g/mol. The Kier molecular flexibility index (Phi) is 3.95. The molecule has 3 N–H and O–H groups in total. The normalized spacial score (nSPS) is 18.4. The number of carbonyl (C=O) groups is 2. The fraction of sp³-hybridized carbons (Fsp3) is 0.385. The van der Waals surface area contributed by atoms with Crippen LogP contribution in [0.25, 0.3) is 0 Å². The maximum absolute atomic E-state index is 12.3. The fourth-order valence-corrected chi connectivity index (χ4v) is 2.42. The first-order chi connectivity index (χ1) is 8.99. The molecule has 0 saturated carbocycles. The predicted octanol–water partition coefficient (Wildman–Crippen LogP) is 1.27. The van der Waals surface area contributed by atoms with Crippen LogP contribution in [-0.4, -0.2) is 35.8 Å². The number of hydrogen-bond donors (Lipinski definition) is 2. The Morgan fingerprint density at radius 2 is 2.21 bits per heavy atom. The summed E-state index contributed by atoms with van der Waals surface area (Å²) in [5, 5.41) is 3.19. The summed E-state index contributed by atoms with van der Waals surface area (Å²) in [6, 6.07) is 5.03. The first-order valence-electron chi connectivity index (χ1n) is 6.09. The predicted molar refractivity (Wildman–Crippen MR) is 74.0 cm³/mol. The molecule has 1 aromatic carbocycles. The largest absolute Gasteiger partial charge is 0.397 e. The van der Waals surface area contributed by atoms with Crippen molar-refractivity contribution < 1.29 is 9.59 Å². The molecule has 1 aliphatic heterocycles. The van der Waals surface area contributed by atoms with E-state index in [1.54, 1.807) is 23.1 Å². The molecule has 0 radical (unpaired) electrons. The molecule has 6 heteroatoms. The quantitative estimate of drug-likeness (QED) is 0.802. The SMILES string of the molecule is CC(=O)NC1CCN(C(=O)c2cccc(Cl)c2N)C1. The number of hydrogen-bond acceptors (Lipinski definition) is 3. The average molecular weight is 282 g/mol. The number of benzene rings is 1. The molecule has 1 unspecified atom stereocenters. The van der Waals surface area contributed by atoms with Gasteiger partial charge in [0.2, 0.25) is 5.91 Å². The zero-order chi connectivity index (χ0) is 14.0. The highest BCUT2D eigenvalue weighted by molar-refractivity contribution is 6.33. The van der Waals surface area contributed by atoms with E-state index in [1.165, 1.54) is 6.92 Å². The lowest BCUT2D eigenvalue weighted by atomic mass is 10.1. The molecule has 1 aliphatic rings. The van der Waals surface area contributed by atoms with Gasteiger partial charge in [0.15, 0.2) is 0 Å². The second-order valence-corrected chi connectivity index (χ2v) is 5.05. The Labute approximate surface area is 116 Å². The van der Waals surface area contributed by atoms with Crippen LogP contribution in [0.4, 0.5) is 5.69 Å². The van der Waals surface area contributed by atoms with Crippen molar-refractivity contribution in [1.29, 1.82) is 0 Å². The molecule has 2 rings (SSSR count). The summed E-state index contributed by atoms with van der Waals surface area (Å²) in [6.45, 7) is 2.58. The van der Waals surface area contributed by atoms with Gasteiger partial charge in [-0.2, -0.15) is 0 Å². The summed E-state index contributed by atoms with van der Waals surface area (Å²) in [5.74, 6) is -0.227. The van der Waals surface area contributed by atoms with Crippen LogP contribution in [0.1, 0.15) is 23.7 Å². The van der Waals surface area contributed by atoms with Crippen molar-refractivity contribution in [3.05, 3.63) is 28.8 Å². The first-order valence-corrected chi connectivity index (χ1v) is 6.47. The van der Waals surface area contributed by atoms with Crippen molar-refractivity contribution in [2.75, 3.05) is 18.8 Å². The van der Waals surface area contributed by atoms with Crippen LogP contribution >= 0.6 is 11.6 Å². The zero-order valence-electron chi connectivity index (χ0n) is 10.6. The molecule has 1 fully saturated rings. The van der Waals surface area contributed by atoms with Crippen LogP contribution in [0.15, 0.2) is 18.2 Å². The van der Waals surface area contributed by atoms with Crippen LogP contribution in [0.3, 0.4) is 0 Å². The number of likely N-dealkylation sites (tertiary alicyclic amines) is 1. The molecule has 1 saturated heterocycles. The molecular weight excluding hydrogens is 266 g/mol. The summed E-state index contributed by atoms with van der Waals surface area (Å²) in [6.07, 6.45) is 0.756. The highest BCUT2D eigenvalue weighted by Crippen LogP contribution is 2.24. The van der Waals surface area contributed by atoms with Crippen LogP contribution < -0.4 is 11.1 Å². The van der Waals surface area contributed by atoms with Crippen LogP contribution in [-0.2, 0) is 4.79 Å². The maximum Gasteiger partial charge on any atom is 0.256 e. The number of halogens is 1. The molecular formula is C13H16ClN3O2. The molecule has 102 valence electrons. The lowest BCUT2D eigenvalue weighted by molar-refractivity contribution is -0.119. The fourth-order valence-electron chi connectivity index (χ4n) is 2.24. The minimum absolute atomic E-state index is 0.0156. The molecule has 0 aliphatic carbocycles. The number of nitrogens with one attached hydrogen (secondary N) is 1. The van der Waals surface area contributed by atoms with Gasteiger partial charge in [-0.1, -0.05) is 17.7 Å². The van der Waals surface area contributed by atoms with Crippen molar-refractivity contribution >= 4 is 29.1 Å². The molecule has 0 spiro atoms. The van der Waals surface area contributed by atoms with Gasteiger partial charge in [0.05, 0.1) is 16.3 Å². The van der Waals surface area contributed by atoms with Crippen LogP contribution in [0.5, 0.6) is 0 Å². The number of nitrogen functional groups attached to an aromatic ring is 1. The number of rotatable bonds is 2. The number of carbonyl (C=O) groups excluding carboxylic acids is 2. The van der Waals surface area contributed by atoms with Gasteiger partial charge in [0.1, 0.15) is 0 Å². The summed E-state index contributed by atoms with van der Waals surface area (Å²) in [7, 11) is 0. The van der Waals surface area contributed by atoms with E-state index in [2.05, 4.69) is 5.32 Å². The lowest BCUT2D eigenvalue weighted by Crippen LogP contribution is -2.37. The van der Waals surface area contributed by atoms with Crippen LogP contribution in [0.2, 0.25) is 5.02 Å². The Morgan fingerprint density at radius 3 is 2.89 bits per heavy atom. The maximum atomic E-state index is 12.3. The molecule has 0 aromatic heterocycles. The van der Waals surface area contributed by atoms with E-state index in [1.807, 2.05) is 0 Å². The minimum atomic E-state index is -0.146. The molecule has 5 nitrogen and oxygen atoms in total. The topological polar surface area (TPSA) is 75.4 Å². The Balaban J connectivity index is 2.09. The van der Waals surface area contributed by atoms with E-state index in [0.29, 0.717) is 29.4 Å². The third-order valence-corrected chi connectivity index (χ3v) is 3.50. The minimum Gasteiger partial charge on any atom is -0.397 e. The molecule has 1 aromatic rings. The average Bonchev–Trinajstić information content (AvgIpc) is 2.79. The van der Waals surface area contributed by atoms with E-state index >= 15 is 0 Å². The van der Waals surface area contributed by atoms with Crippen molar-refractivity contribution in [3.63, 3.8) is 0 Å². The van der Waals surface area contributed by atoms with E-state index in [-0.39, 0.29) is 17.9 Å². The highest BCUT2D eigenvalue weighted by atomic mass is 35.5. The van der Waals surface area contributed by atoms with Crippen molar-refractivity contribution in [1.82, 2.24) is 10.2 Å².